The molecule has 0 fully saturated rings. The maximum Gasteiger partial charge on any atom is 0.0673 e. The maximum absolute atomic E-state index is 4.88. The highest BCUT2D eigenvalue weighted by atomic mass is 16.5. The summed E-state index contributed by atoms with van der Waals surface area (Å²) in [7, 11) is 1.74. The SMILES string of the molecule is COCC1=CCC1. The van der Waals surface area contributed by atoms with Gasteiger partial charge >= 0.3 is 0 Å². The topological polar surface area (TPSA) is 9.23 Å². The van der Waals surface area contributed by atoms with E-state index in [9.17, 15) is 0 Å². The van der Waals surface area contributed by atoms with E-state index in [1.807, 2.05) is 0 Å². The van der Waals surface area contributed by atoms with Gasteiger partial charge in [0.1, 0.15) is 0 Å². The zero-order valence-corrected chi connectivity index (χ0v) is 4.61. The third kappa shape index (κ3) is 1.03. The van der Waals surface area contributed by atoms with Crippen LogP contribution in [0.2, 0.25) is 0 Å². The molecule has 0 aromatic carbocycles. The Kier molecular flexibility index (Phi) is 1.47. The lowest BCUT2D eigenvalue weighted by Crippen LogP contribution is -2.00. The molecule has 0 amide bonds. The Morgan fingerprint density at radius 1 is 1.86 bits per heavy atom. The minimum atomic E-state index is 0.847. The second-order valence-corrected chi connectivity index (χ2v) is 1.83. The largest absolute Gasteiger partial charge is 0.380 e. The van der Waals surface area contributed by atoms with Crippen LogP contribution in [0.1, 0.15) is 12.8 Å². The first-order valence-electron chi connectivity index (χ1n) is 2.60. The summed E-state index contributed by atoms with van der Waals surface area (Å²) in [6.07, 6.45) is 4.75. The lowest BCUT2D eigenvalue weighted by Gasteiger charge is -2.11. The van der Waals surface area contributed by atoms with Gasteiger partial charge in [-0.2, -0.15) is 0 Å². The molecule has 0 unspecified atom stereocenters. The van der Waals surface area contributed by atoms with E-state index in [1.165, 1.54) is 18.4 Å². The van der Waals surface area contributed by atoms with Crippen molar-refractivity contribution in [3.8, 4) is 0 Å². The van der Waals surface area contributed by atoms with Gasteiger partial charge in [0.05, 0.1) is 6.61 Å². The Hall–Kier alpha value is -0.300. The van der Waals surface area contributed by atoms with E-state index >= 15 is 0 Å². The molecule has 1 heteroatoms. The summed E-state index contributed by atoms with van der Waals surface area (Å²) in [5.41, 5.74) is 1.46. The summed E-state index contributed by atoms with van der Waals surface area (Å²) < 4.78 is 4.88. The third-order valence-electron chi connectivity index (χ3n) is 1.23. The minimum absolute atomic E-state index is 0.847. The second kappa shape index (κ2) is 2.12. The highest BCUT2D eigenvalue weighted by Gasteiger charge is 2.02. The fourth-order valence-corrected chi connectivity index (χ4v) is 0.665. The highest BCUT2D eigenvalue weighted by molar-refractivity contribution is 5.12. The molecule has 0 spiro atoms. The van der Waals surface area contributed by atoms with Crippen LogP contribution in [0.15, 0.2) is 11.6 Å². The average molecular weight is 98.1 g/mol. The Labute approximate surface area is 44.0 Å². The van der Waals surface area contributed by atoms with Gasteiger partial charge in [-0.25, -0.2) is 0 Å². The predicted molar refractivity (Wildman–Crippen MR) is 29.2 cm³/mol. The molecule has 0 aliphatic heterocycles. The quantitative estimate of drug-likeness (QED) is 0.474. The fourth-order valence-electron chi connectivity index (χ4n) is 0.665. The standard InChI is InChI=1S/C6H10O/c1-7-5-6-3-2-4-6/h3H,2,4-5H2,1H3. The molecule has 0 aromatic rings. The van der Waals surface area contributed by atoms with E-state index in [1.54, 1.807) is 7.11 Å². The van der Waals surface area contributed by atoms with Gasteiger partial charge in [0, 0.05) is 7.11 Å². The monoisotopic (exact) mass is 98.1 g/mol. The Morgan fingerprint density at radius 3 is 2.71 bits per heavy atom. The van der Waals surface area contributed by atoms with Crippen LogP contribution in [0.4, 0.5) is 0 Å². The number of hydrogen-bond acceptors (Lipinski definition) is 1. The van der Waals surface area contributed by atoms with Crippen molar-refractivity contribution in [2.75, 3.05) is 13.7 Å². The fraction of sp³-hybridized carbons (Fsp3) is 0.667. The second-order valence-electron chi connectivity index (χ2n) is 1.83. The zero-order chi connectivity index (χ0) is 5.11. The molecule has 7 heavy (non-hydrogen) atoms. The molecule has 0 saturated carbocycles. The molecule has 1 aliphatic carbocycles. The first kappa shape index (κ1) is 4.85. The van der Waals surface area contributed by atoms with Crippen molar-refractivity contribution in [1.82, 2.24) is 0 Å². The highest BCUT2D eigenvalue weighted by Crippen LogP contribution is 2.16. The van der Waals surface area contributed by atoms with E-state index in [0.717, 1.165) is 6.61 Å². The summed E-state index contributed by atoms with van der Waals surface area (Å²) in [5.74, 6) is 0. The molecular formula is C6H10O. The van der Waals surface area contributed by atoms with E-state index in [2.05, 4.69) is 6.08 Å². The van der Waals surface area contributed by atoms with Crippen LogP contribution in [0.5, 0.6) is 0 Å². The summed E-state index contributed by atoms with van der Waals surface area (Å²) in [5, 5.41) is 0. The van der Waals surface area contributed by atoms with Gasteiger partial charge in [-0.1, -0.05) is 6.08 Å². The molecule has 1 nitrogen and oxygen atoms in total. The molecule has 0 atom stereocenters. The maximum atomic E-state index is 4.88. The third-order valence-corrected chi connectivity index (χ3v) is 1.23. The van der Waals surface area contributed by atoms with E-state index < -0.39 is 0 Å². The molecule has 0 radical (unpaired) electrons. The van der Waals surface area contributed by atoms with Crippen molar-refractivity contribution in [2.45, 2.75) is 12.8 Å². The van der Waals surface area contributed by atoms with Crippen LogP contribution in [-0.2, 0) is 4.74 Å². The summed E-state index contributed by atoms with van der Waals surface area (Å²) in [6.45, 7) is 0.847. The average Bonchev–Trinajstić information content (AvgIpc) is 1.55. The van der Waals surface area contributed by atoms with Crippen LogP contribution < -0.4 is 0 Å². The zero-order valence-electron chi connectivity index (χ0n) is 4.61. The molecule has 1 rings (SSSR count). The smallest absolute Gasteiger partial charge is 0.0673 e. The van der Waals surface area contributed by atoms with Crippen LogP contribution in [-0.4, -0.2) is 13.7 Å². The Morgan fingerprint density at radius 2 is 2.57 bits per heavy atom. The number of hydrogen-bond donors (Lipinski definition) is 0. The number of ether oxygens (including phenoxy) is 1. The summed E-state index contributed by atoms with van der Waals surface area (Å²) in [4.78, 5) is 0. The van der Waals surface area contributed by atoms with Crippen LogP contribution in [0.25, 0.3) is 0 Å². The minimum Gasteiger partial charge on any atom is -0.380 e. The van der Waals surface area contributed by atoms with Crippen molar-refractivity contribution in [3.05, 3.63) is 11.6 Å². The van der Waals surface area contributed by atoms with Gasteiger partial charge in [0.2, 0.25) is 0 Å². The van der Waals surface area contributed by atoms with Gasteiger partial charge in [0.25, 0.3) is 0 Å². The molecule has 40 valence electrons. The van der Waals surface area contributed by atoms with Crippen LogP contribution in [0, 0.1) is 0 Å². The number of methoxy groups -OCH3 is 1. The summed E-state index contributed by atoms with van der Waals surface area (Å²) in [6, 6.07) is 0. The normalized spacial score (nSPS) is 18.1. The van der Waals surface area contributed by atoms with Gasteiger partial charge in [-0.15, -0.1) is 0 Å². The molecule has 0 saturated heterocycles. The van der Waals surface area contributed by atoms with Crippen LogP contribution in [0.3, 0.4) is 0 Å². The van der Waals surface area contributed by atoms with Crippen LogP contribution >= 0.6 is 0 Å². The van der Waals surface area contributed by atoms with Crippen molar-refractivity contribution in [2.24, 2.45) is 0 Å². The lowest BCUT2D eigenvalue weighted by molar-refractivity contribution is 0.220. The van der Waals surface area contributed by atoms with Crippen molar-refractivity contribution in [1.29, 1.82) is 0 Å². The van der Waals surface area contributed by atoms with Crippen molar-refractivity contribution < 1.29 is 4.74 Å². The molecule has 0 N–H and O–H groups in total. The van der Waals surface area contributed by atoms with Gasteiger partial charge < -0.3 is 4.74 Å². The first-order chi connectivity index (χ1) is 3.43. The van der Waals surface area contributed by atoms with Gasteiger partial charge in [-0.05, 0) is 18.4 Å². The van der Waals surface area contributed by atoms with E-state index in [-0.39, 0.29) is 0 Å². The number of allylic oxidation sites excluding steroid dienone is 1. The van der Waals surface area contributed by atoms with Gasteiger partial charge in [0.15, 0.2) is 0 Å². The molecule has 0 bridgehead atoms. The van der Waals surface area contributed by atoms with E-state index in [4.69, 9.17) is 4.74 Å². The molecule has 0 heterocycles. The van der Waals surface area contributed by atoms with Gasteiger partial charge in [-0.3, -0.25) is 0 Å². The Balaban J connectivity index is 2.15. The molecule has 0 aromatic heterocycles. The van der Waals surface area contributed by atoms with Crippen molar-refractivity contribution in [3.63, 3.8) is 0 Å². The molecule has 1 aliphatic rings. The Bertz CT molecular complexity index is 84.2. The lowest BCUT2D eigenvalue weighted by atomic mass is 10.0. The van der Waals surface area contributed by atoms with Crippen molar-refractivity contribution >= 4 is 0 Å². The molecular weight excluding hydrogens is 88.1 g/mol. The first-order valence-corrected chi connectivity index (χ1v) is 2.60. The van der Waals surface area contributed by atoms with E-state index in [0.29, 0.717) is 0 Å². The summed E-state index contributed by atoms with van der Waals surface area (Å²) >= 11 is 0. The number of rotatable bonds is 2. The predicted octanol–water partition coefficient (Wildman–Crippen LogP) is 1.35.